The Hall–Kier alpha value is -0.120. The summed E-state index contributed by atoms with van der Waals surface area (Å²) in [4.78, 5) is 5.53. The maximum Gasteiger partial charge on any atom is 0.0498 e. The number of piperidine rings is 1. The van der Waals surface area contributed by atoms with Crippen LogP contribution in [0.25, 0.3) is 0 Å². The number of rotatable bonds is 4. The van der Waals surface area contributed by atoms with E-state index >= 15 is 0 Å². The van der Waals surface area contributed by atoms with E-state index in [-0.39, 0.29) is 0 Å². The van der Waals surface area contributed by atoms with Gasteiger partial charge < -0.3 is 5.73 Å². The minimum absolute atomic E-state index is 0.322. The van der Waals surface area contributed by atoms with Crippen molar-refractivity contribution in [3.8, 4) is 0 Å². The molecule has 3 rings (SSSR count). The standard InChI is InChI=1S/C16H31N3/c1-2-5-14-7-10-19(12-14)16(13-17)8-11-18-9-4-3-6-15(16)18/h14-15H,2-13,17H2,1H3. The molecule has 0 spiro atoms. The molecule has 3 saturated heterocycles. The van der Waals surface area contributed by atoms with Crippen molar-refractivity contribution in [2.45, 2.75) is 63.5 Å². The van der Waals surface area contributed by atoms with Gasteiger partial charge in [-0.1, -0.05) is 19.8 Å². The van der Waals surface area contributed by atoms with Crippen LogP contribution in [-0.2, 0) is 0 Å². The van der Waals surface area contributed by atoms with Gasteiger partial charge in [0.2, 0.25) is 0 Å². The van der Waals surface area contributed by atoms with Gasteiger partial charge in [0.1, 0.15) is 0 Å². The maximum atomic E-state index is 6.31. The quantitative estimate of drug-likeness (QED) is 0.844. The Balaban J connectivity index is 1.73. The van der Waals surface area contributed by atoms with E-state index in [0.29, 0.717) is 5.54 Å². The van der Waals surface area contributed by atoms with Gasteiger partial charge in [-0.2, -0.15) is 0 Å². The average Bonchev–Trinajstić information content (AvgIpc) is 3.04. The van der Waals surface area contributed by atoms with Crippen molar-refractivity contribution >= 4 is 0 Å². The van der Waals surface area contributed by atoms with Gasteiger partial charge in [-0.3, -0.25) is 9.80 Å². The molecule has 19 heavy (non-hydrogen) atoms. The molecule has 3 atom stereocenters. The Morgan fingerprint density at radius 3 is 2.84 bits per heavy atom. The highest BCUT2D eigenvalue weighted by atomic mass is 15.3. The van der Waals surface area contributed by atoms with Crippen molar-refractivity contribution < 1.29 is 0 Å². The SMILES string of the molecule is CCCC1CCN(C2(CN)CCN3CCCCC32)C1. The summed E-state index contributed by atoms with van der Waals surface area (Å²) >= 11 is 0. The molecule has 0 radical (unpaired) electrons. The van der Waals surface area contributed by atoms with Gasteiger partial charge in [0.25, 0.3) is 0 Å². The molecule has 3 nitrogen and oxygen atoms in total. The average molecular weight is 265 g/mol. The highest BCUT2D eigenvalue weighted by molar-refractivity contribution is 5.10. The van der Waals surface area contributed by atoms with Crippen molar-refractivity contribution in [1.82, 2.24) is 9.80 Å². The van der Waals surface area contributed by atoms with Crippen molar-refractivity contribution in [3.05, 3.63) is 0 Å². The third-order valence-electron chi connectivity index (χ3n) is 6.03. The van der Waals surface area contributed by atoms with E-state index in [1.165, 1.54) is 71.1 Å². The van der Waals surface area contributed by atoms with Crippen LogP contribution >= 0.6 is 0 Å². The van der Waals surface area contributed by atoms with Crippen molar-refractivity contribution in [3.63, 3.8) is 0 Å². The molecule has 3 unspecified atom stereocenters. The van der Waals surface area contributed by atoms with Crippen LogP contribution in [0.5, 0.6) is 0 Å². The molecule has 0 saturated carbocycles. The normalized spacial score (nSPS) is 40.7. The third-order valence-corrected chi connectivity index (χ3v) is 6.03. The summed E-state index contributed by atoms with van der Waals surface area (Å²) < 4.78 is 0. The van der Waals surface area contributed by atoms with Gasteiger partial charge in [0.05, 0.1) is 0 Å². The zero-order valence-corrected chi connectivity index (χ0v) is 12.6. The molecule has 3 heterocycles. The predicted molar refractivity (Wildman–Crippen MR) is 80.2 cm³/mol. The lowest BCUT2D eigenvalue weighted by Gasteiger charge is -2.46. The highest BCUT2D eigenvalue weighted by Crippen LogP contribution is 2.41. The van der Waals surface area contributed by atoms with E-state index in [2.05, 4.69) is 16.7 Å². The van der Waals surface area contributed by atoms with E-state index in [0.717, 1.165) is 18.5 Å². The van der Waals surface area contributed by atoms with Crippen LogP contribution in [-0.4, -0.2) is 54.1 Å². The van der Waals surface area contributed by atoms with Crippen molar-refractivity contribution in [2.24, 2.45) is 11.7 Å². The predicted octanol–water partition coefficient (Wildman–Crippen LogP) is 2.06. The smallest absolute Gasteiger partial charge is 0.0498 e. The minimum Gasteiger partial charge on any atom is -0.329 e. The Bertz CT molecular complexity index is 306. The first-order chi connectivity index (χ1) is 9.30. The monoisotopic (exact) mass is 265 g/mol. The molecule has 0 aliphatic carbocycles. The van der Waals surface area contributed by atoms with Gasteiger partial charge >= 0.3 is 0 Å². The van der Waals surface area contributed by atoms with Crippen LogP contribution in [0.2, 0.25) is 0 Å². The van der Waals surface area contributed by atoms with Gasteiger partial charge in [-0.15, -0.1) is 0 Å². The molecule has 3 fully saturated rings. The van der Waals surface area contributed by atoms with Crippen molar-refractivity contribution in [1.29, 1.82) is 0 Å². The van der Waals surface area contributed by atoms with E-state index in [4.69, 9.17) is 5.73 Å². The second-order valence-corrected chi connectivity index (χ2v) is 6.99. The summed E-state index contributed by atoms with van der Waals surface area (Å²) in [5.41, 5.74) is 6.63. The van der Waals surface area contributed by atoms with Crippen molar-refractivity contribution in [2.75, 3.05) is 32.7 Å². The van der Waals surface area contributed by atoms with Crippen LogP contribution in [0.1, 0.15) is 51.9 Å². The second-order valence-electron chi connectivity index (χ2n) is 6.99. The first-order valence-corrected chi connectivity index (χ1v) is 8.49. The summed E-state index contributed by atoms with van der Waals surface area (Å²) in [6, 6.07) is 0.756. The number of likely N-dealkylation sites (tertiary alicyclic amines) is 1. The summed E-state index contributed by atoms with van der Waals surface area (Å²) in [7, 11) is 0. The van der Waals surface area contributed by atoms with E-state index in [1.807, 2.05) is 0 Å². The van der Waals surface area contributed by atoms with Crippen LogP contribution < -0.4 is 5.73 Å². The van der Waals surface area contributed by atoms with E-state index in [9.17, 15) is 0 Å². The summed E-state index contributed by atoms with van der Waals surface area (Å²) in [5, 5.41) is 0. The Labute approximate surface area is 118 Å². The number of fused-ring (bicyclic) bond motifs is 1. The van der Waals surface area contributed by atoms with E-state index < -0.39 is 0 Å². The van der Waals surface area contributed by atoms with Crippen LogP contribution in [0.3, 0.4) is 0 Å². The lowest BCUT2D eigenvalue weighted by Crippen LogP contribution is -2.61. The van der Waals surface area contributed by atoms with Crippen LogP contribution in [0.15, 0.2) is 0 Å². The molecule has 3 aliphatic heterocycles. The minimum atomic E-state index is 0.322. The number of hydrogen-bond donors (Lipinski definition) is 1. The fraction of sp³-hybridized carbons (Fsp3) is 1.00. The highest BCUT2D eigenvalue weighted by Gasteiger charge is 2.51. The molecule has 3 heteroatoms. The Morgan fingerprint density at radius 2 is 2.05 bits per heavy atom. The Kier molecular flexibility index (Phi) is 4.16. The van der Waals surface area contributed by atoms with Gasteiger partial charge in [-0.05, 0) is 51.1 Å². The summed E-state index contributed by atoms with van der Waals surface area (Å²) in [6.07, 6.45) is 9.65. The molecule has 110 valence electrons. The summed E-state index contributed by atoms with van der Waals surface area (Å²) in [5.74, 6) is 0.936. The lowest BCUT2D eigenvalue weighted by molar-refractivity contribution is 0.0518. The molecule has 0 aromatic rings. The van der Waals surface area contributed by atoms with Gasteiger partial charge in [0.15, 0.2) is 0 Å². The third kappa shape index (κ3) is 2.34. The molecule has 0 aromatic heterocycles. The number of nitrogens with two attached hydrogens (primary N) is 1. The second kappa shape index (κ2) is 5.71. The maximum absolute atomic E-state index is 6.31. The zero-order valence-electron chi connectivity index (χ0n) is 12.6. The molecule has 2 N–H and O–H groups in total. The van der Waals surface area contributed by atoms with Crippen LogP contribution in [0, 0.1) is 5.92 Å². The van der Waals surface area contributed by atoms with Gasteiger partial charge in [-0.25, -0.2) is 0 Å². The topological polar surface area (TPSA) is 32.5 Å². The van der Waals surface area contributed by atoms with Gasteiger partial charge in [0, 0.05) is 31.2 Å². The fourth-order valence-corrected chi connectivity index (χ4v) is 4.99. The molecule has 0 bridgehead atoms. The lowest BCUT2D eigenvalue weighted by atomic mass is 9.84. The zero-order chi connectivity index (χ0) is 13.3. The number of nitrogens with zero attached hydrogens (tertiary/aromatic N) is 2. The molecule has 0 amide bonds. The number of hydrogen-bond acceptors (Lipinski definition) is 3. The molecular weight excluding hydrogens is 234 g/mol. The molecule has 3 aliphatic rings. The fourth-order valence-electron chi connectivity index (χ4n) is 4.99. The summed E-state index contributed by atoms with van der Waals surface area (Å²) in [6.45, 7) is 8.41. The van der Waals surface area contributed by atoms with E-state index in [1.54, 1.807) is 0 Å². The first kappa shape index (κ1) is 13.8. The molecule has 0 aromatic carbocycles. The first-order valence-electron chi connectivity index (χ1n) is 8.49. The largest absolute Gasteiger partial charge is 0.329 e. The molecular formula is C16H31N3. The Morgan fingerprint density at radius 1 is 1.16 bits per heavy atom. The van der Waals surface area contributed by atoms with Crippen LogP contribution in [0.4, 0.5) is 0 Å².